The van der Waals surface area contributed by atoms with Gasteiger partial charge in [-0.05, 0) is 29.8 Å². The minimum Gasteiger partial charge on any atom is -0.480 e. The Morgan fingerprint density at radius 2 is 1.30 bits per heavy atom. The lowest BCUT2D eigenvalue weighted by Gasteiger charge is -2.25. The van der Waals surface area contributed by atoms with Crippen molar-refractivity contribution in [3.8, 4) is 0 Å². The van der Waals surface area contributed by atoms with E-state index in [9.17, 15) is 14.7 Å². The van der Waals surface area contributed by atoms with Crippen LogP contribution in [0.15, 0.2) is 95.9 Å². The second kappa shape index (κ2) is 9.05. The van der Waals surface area contributed by atoms with Crippen LogP contribution in [-0.2, 0) is 4.79 Å². The smallest absolute Gasteiger partial charge is 0.319 e. The van der Waals surface area contributed by atoms with E-state index in [2.05, 4.69) is 5.32 Å². The summed E-state index contributed by atoms with van der Waals surface area (Å²) in [4.78, 5) is 25.6. The summed E-state index contributed by atoms with van der Waals surface area (Å²) in [7, 11) is 0. The maximum absolute atomic E-state index is 12.7. The lowest BCUT2D eigenvalue weighted by Crippen LogP contribution is -2.38. The number of hydrogen-bond acceptors (Lipinski definition) is 3. The first-order valence-electron chi connectivity index (χ1n) is 8.50. The van der Waals surface area contributed by atoms with E-state index in [0.29, 0.717) is 5.56 Å². The third-order valence-corrected chi connectivity index (χ3v) is 5.31. The van der Waals surface area contributed by atoms with Gasteiger partial charge < -0.3 is 10.4 Å². The van der Waals surface area contributed by atoms with Crippen LogP contribution in [0.2, 0.25) is 0 Å². The summed E-state index contributed by atoms with van der Waals surface area (Å²) in [6.07, 6.45) is 0. The average molecular weight is 377 g/mol. The molecule has 0 bridgehead atoms. The van der Waals surface area contributed by atoms with Crippen LogP contribution in [-0.4, -0.2) is 22.2 Å². The molecule has 0 radical (unpaired) electrons. The zero-order valence-corrected chi connectivity index (χ0v) is 15.3. The van der Waals surface area contributed by atoms with Gasteiger partial charge in [0.2, 0.25) is 0 Å². The number of benzene rings is 3. The van der Waals surface area contributed by atoms with Gasteiger partial charge in [0.1, 0.15) is 5.25 Å². The quantitative estimate of drug-likeness (QED) is 0.599. The first kappa shape index (κ1) is 18.7. The number of rotatable bonds is 7. The Labute approximate surface area is 162 Å². The molecule has 136 valence electrons. The van der Waals surface area contributed by atoms with Crippen molar-refractivity contribution in [1.82, 2.24) is 5.32 Å². The van der Waals surface area contributed by atoms with Crippen LogP contribution in [0.5, 0.6) is 0 Å². The van der Waals surface area contributed by atoms with E-state index in [1.54, 1.807) is 24.3 Å². The van der Waals surface area contributed by atoms with Gasteiger partial charge in [0.05, 0.1) is 6.04 Å². The molecule has 0 unspecified atom stereocenters. The Hall–Kier alpha value is -3.05. The van der Waals surface area contributed by atoms with Crippen LogP contribution in [0, 0.1) is 0 Å². The molecule has 3 rings (SSSR count). The van der Waals surface area contributed by atoms with Crippen LogP contribution < -0.4 is 5.32 Å². The van der Waals surface area contributed by atoms with Crippen molar-refractivity contribution in [2.24, 2.45) is 0 Å². The molecule has 0 saturated heterocycles. The fourth-order valence-corrected chi connectivity index (χ4v) is 3.78. The van der Waals surface area contributed by atoms with Gasteiger partial charge in [0.15, 0.2) is 0 Å². The maximum Gasteiger partial charge on any atom is 0.319 e. The largest absolute Gasteiger partial charge is 0.480 e. The van der Waals surface area contributed by atoms with Crippen molar-refractivity contribution in [2.75, 3.05) is 0 Å². The van der Waals surface area contributed by atoms with Crippen molar-refractivity contribution >= 4 is 23.6 Å². The van der Waals surface area contributed by atoms with Gasteiger partial charge in [0.25, 0.3) is 5.91 Å². The highest BCUT2D eigenvalue weighted by Gasteiger charge is 2.32. The molecule has 3 aromatic rings. The van der Waals surface area contributed by atoms with E-state index in [-0.39, 0.29) is 5.91 Å². The standard InChI is InChI=1S/C22H19NO3S/c24-21(17-12-6-2-7-13-17)23-19(16-10-4-1-5-11-16)20(22(25)26)27-18-14-8-3-9-15-18/h1-15,19-20H,(H,23,24)(H,25,26)/t19-,20+/m0/s1. The third-order valence-electron chi connectivity index (χ3n) is 4.03. The summed E-state index contributed by atoms with van der Waals surface area (Å²) in [6, 6.07) is 26.6. The molecule has 2 atom stereocenters. The second-order valence-corrected chi connectivity index (χ2v) is 7.13. The van der Waals surface area contributed by atoms with E-state index >= 15 is 0 Å². The molecule has 0 heterocycles. The molecule has 1 amide bonds. The first-order chi connectivity index (χ1) is 13.1. The molecule has 3 aromatic carbocycles. The van der Waals surface area contributed by atoms with Crippen molar-refractivity contribution in [3.63, 3.8) is 0 Å². The summed E-state index contributed by atoms with van der Waals surface area (Å²) in [5, 5.41) is 11.9. The summed E-state index contributed by atoms with van der Waals surface area (Å²) < 4.78 is 0. The minimum atomic E-state index is -0.980. The SMILES string of the molecule is O=C(N[C@@H](c1ccccc1)[C@@H](Sc1ccccc1)C(=O)O)c1ccccc1. The summed E-state index contributed by atoms with van der Waals surface area (Å²) >= 11 is 1.22. The summed E-state index contributed by atoms with van der Waals surface area (Å²) in [6.45, 7) is 0. The molecule has 5 heteroatoms. The number of aliphatic carboxylic acids is 1. The molecule has 0 spiro atoms. The highest BCUT2D eigenvalue weighted by molar-refractivity contribution is 8.00. The predicted molar refractivity (Wildman–Crippen MR) is 107 cm³/mol. The topological polar surface area (TPSA) is 66.4 Å². The van der Waals surface area contributed by atoms with Crippen molar-refractivity contribution in [2.45, 2.75) is 16.2 Å². The lowest BCUT2D eigenvalue weighted by atomic mass is 10.0. The number of carboxylic acids is 1. The van der Waals surface area contributed by atoms with Gasteiger partial charge in [-0.1, -0.05) is 66.7 Å². The van der Waals surface area contributed by atoms with Gasteiger partial charge in [-0.3, -0.25) is 9.59 Å². The zero-order chi connectivity index (χ0) is 19.1. The number of nitrogens with one attached hydrogen (secondary N) is 1. The van der Waals surface area contributed by atoms with E-state index in [1.807, 2.05) is 66.7 Å². The van der Waals surface area contributed by atoms with Gasteiger partial charge >= 0.3 is 5.97 Å². The molecule has 4 nitrogen and oxygen atoms in total. The van der Waals surface area contributed by atoms with Crippen molar-refractivity contribution in [3.05, 3.63) is 102 Å². The van der Waals surface area contributed by atoms with Crippen LogP contribution >= 0.6 is 11.8 Å². The molecule has 27 heavy (non-hydrogen) atoms. The van der Waals surface area contributed by atoms with Crippen LogP contribution in [0.4, 0.5) is 0 Å². The van der Waals surface area contributed by atoms with Gasteiger partial charge in [-0.2, -0.15) is 0 Å². The molecule has 0 aromatic heterocycles. The highest BCUT2D eigenvalue weighted by atomic mass is 32.2. The Morgan fingerprint density at radius 1 is 0.778 bits per heavy atom. The summed E-state index contributed by atoms with van der Waals surface area (Å²) in [5.41, 5.74) is 1.24. The number of thioether (sulfide) groups is 1. The summed E-state index contributed by atoms with van der Waals surface area (Å²) in [5.74, 6) is -1.28. The number of carbonyl (C=O) groups is 2. The van der Waals surface area contributed by atoms with E-state index in [0.717, 1.165) is 10.5 Å². The Balaban J connectivity index is 1.92. The second-order valence-electron chi connectivity index (χ2n) is 5.92. The number of amides is 1. The number of hydrogen-bond donors (Lipinski definition) is 2. The van der Waals surface area contributed by atoms with Gasteiger partial charge in [0, 0.05) is 10.5 Å². The molecule has 0 fully saturated rings. The maximum atomic E-state index is 12.7. The Kier molecular flexibility index (Phi) is 6.28. The monoisotopic (exact) mass is 377 g/mol. The van der Waals surface area contributed by atoms with E-state index in [4.69, 9.17) is 0 Å². The van der Waals surface area contributed by atoms with Gasteiger partial charge in [-0.15, -0.1) is 11.8 Å². The number of carboxylic acid groups (broad SMARTS) is 1. The van der Waals surface area contributed by atoms with E-state index in [1.165, 1.54) is 11.8 Å². The van der Waals surface area contributed by atoms with Crippen LogP contribution in [0.1, 0.15) is 22.0 Å². The lowest BCUT2D eigenvalue weighted by molar-refractivity contribution is -0.136. The molecular weight excluding hydrogens is 358 g/mol. The number of carbonyl (C=O) groups excluding carboxylic acids is 1. The van der Waals surface area contributed by atoms with Crippen LogP contribution in [0.3, 0.4) is 0 Å². The van der Waals surface area contributed by atoms with Crippen molar-refractivity contribution in [1.29, 1.82) is 0 Å². The van der Waals surface area contributed by atoms with Crippen molar-refractivity contribution < 1.29 is 14.7 Å². The molecule has 0 aliphatic heterocycles. The first-order valence-corrected chi connectivity index (χ1v) is 9.38. The third kappa shape index (κ3) is 4.99. The average Bonchev–Trinajstić information content (AvgIpc) is 2.72. The minimum absolute atomic E-state index is 0.302. The fraction of sp³-hybridized carbons (Fsp3) is 0.0909. The Bertz CT molecular complexity index is 885. The van der Waals surface area contributed by atoms with Crippen LogP contribution in [0.25, 0.3) is 0 Å². The molecule has 0 aliphatic rings. The molecule has 0 saturated carbocycles. The molecular formula is C22H19NO3S. The highest BCUT2D eigenvalue weighted by Crippen LogP contribution is 2.32. The molecule has 0 aliphatic carbocycles. The zero-order valence-electron chi connectivity index (χ0n) is 14.5. The Morgan fingerprint density at radius 3 is 1.85 bits per heavy atom. The molecule has 2 N–H and O–H groups in total. The normalized spacial score (nSPS) is 12.7. The predicted octanol–water partition coefficient (Wildman–Crippen LogP) is 4.40. The van der Waals surface area contributed by atoms with E-state index < -0.39 is 17.3 Å². The fourth-order valence-electron chi connectivity index (χ4n) is 2.71. The van der Waals surface area contributed by atoms with Gasteiger partial charge in [-0.25, -0.2) is 0 Å².